The zero-order valence-corrected chi connectivity index (χ0v) is 10.4. The third kappa shape index (κ3) is 2.73. The predicted octanol–water partition coefficient (Wildman–Crippen LogP) is -0.109. The number of carbonyl (C=O) groups is 1. The van der Waals surface area contributed by atoms with Gasteiger partial charge in [0.25, 0.3) is 5.91 Å². The molecule has 98 valence electrons. The number of nitrogen functional groups attached to an aromatic ring is 1. The van der Waals surface area contributed by atoms with E-state index in [0.29, 0.717) is 6.42 Å². The van der Waals surface area contributed by atoms with E-state index in [1.54, 1.807) is 0 Å². The Bertz CT molecular complexity index is 583. The van der Waals surface area contributed by atoms with Gasteiger partial charge in [0.2, 0.25) is 0 Å². The van der Waals surface area contributed by atoms with E-state index >= 15 is 0 Å². The highest BCUT2D eigenvalue weighted by Gasteiger charge is 2.29. The summed E-state index contributed by atoms with van der Waals surface area (Å²) in [6.07, 6.45) is 0.426. The molecule has 0 saturated carbocycles. The van der Waals surface area contributed by atoms with Gasteiger partial charge in [0.15, 0.2) is 9.84 Å². The van der Waals surface area contributed by atoms with Gasteiger partial charge in [-0.3, -0.25) is 4.79 Å². The van der Waals surface area contributed by atoms with Crippen molar-refractivity contribution in [1.29, 1.82) is 0 Å². The summed E-state index contributed by atoms with van der Waals surface area (Å²) in [6.45, 7) is 0. The molecule has 1 aromatic carbocycles. The van der Waals surface area contributed by atoms with Gasteiger partial charge in [-0.1, -0.05) is 0 Å². The number of benzene rings is 1. The SMILES string of the molecule is Nc1ccc(C(=O)NC2CCS(=O)(=O)C2)cc1O. The lowest BCUT2D eigenvalue weighted by atomic mass is 10.1. The zero-order valence-electron chi connectivity index (χ0n) is 9.59. The van der Waals surface area contributed by atoms with Crippen LogP contribution in [0.5, 0.6) is 5.75 Å². The number of anilines is 1. The van der Waals surface area contributed by atoms with Gasteiger partial charge in [-0.15, -0.1) is 0 Å². The Morgan fingerprint density at radius 1 is 1.44 bits per heavy atom. The van der Waals surface area contributed by atoms with Crippen LogP contribution >= 0.6 is 0 Å². The molecule has 0 radical (unpaired) electrons. The summed E-state index contributed by atoms with van der Waals surface area (Å²) in [5, 5.41) is 12.0. The number of hydrogen-bond donors (Lipinski definition) is 3. The molecule has 1 unspecified atom stereocenters. The molecule has 0 bridgehead atoms. The quantitative estimate of drug-likeness (QED) is 0.513. The monoisotopic (exact) mass is 270 g/mol. The van der Waals surface area contributed by atoms with Crippen molar-refractivity contribution >= 4 is 21.4 Å². The third-order valence-corrected chi connectivity index (χ3v) is 4.63. The second-order valence-corrected chi connectivity index (χ2v) is 6.58. The number of nitrogens with two attached hydrogens (primary N) is 1. The van der Waals surface area contributed by atoms with Crippen molar-refractivity contribution in [2.45, 2.75) is 12.5 Å². The Kier molecular flexibility index (Phi) is 3.16. The van der Waals surface area contributed by atoms with E-state index in [2.05, 4.69) is 5.32 Å². The highest BCUT2D eigenvalue weighted by Crippen LogP contribution is 2.21. The second-order valence-electron chi connectivity index (χ2n) is 4.35. The first kappa shape index (κ1) is 12.7. The maximum atomic E-state index is 11.8. The first-order chi connectivity index (χ1) is 8.37. The molecule has 1 atom stereocenters. The first-order valence-corrected chi connectivity index (χ1v) is 7.29. The van der Waals surface area contributed by atoms with E-state index < -0.39 is 15.7 Å². The van der Waals surface area contributed by atoms with Crippen molar-refractivity contribution in [3.05, 3.63) is 23.8 Å². The number of rotatable bonds is 2. The maximum Gasteiger partial charge on any atom is 0.251 e. The summed E-state index contributed by atoms with van der Waals surface area (Å²) >= 11 is 0. The molecule has 2 rings (SSSR count). The van der Waals surface area contributed by atoms with Crippen LogP contribution in [0.4, 0.5) is 5.69 Å². The van der Waals surface area contributed by atoms with Gasteiger partial charge in [0, 0.05) is 11.6 Å². The topological polar surface area (TPSA) is 109 Å². The van der Waals surface area contributed by atoms with Crippen molar-refractivity contribution in [1.82, 2.24) is 5.32 Å². The van der Waals surface area contributed by atoms with Gasteiger partial charge in [0.05, 0.1) is 17.2 Å². The van der Waals surface area contributed by atoms with E-state index in [0.717, 1.165) is 0 Å². The zero-order chi connectivity index (χ0) is 13.3. The number of phenolic OH excluding ortho intramolecular Hbond substituents is 1. The second kappa shape index (κ2) is 4.49. The molecule has 4 N–H and O–H groups in total. The van der Waals surface area contributed by atoms with Crippen molar-refractivity contribution in [2.75, 3.05) is 17.2 Å². The lowest BCUT2D eigenvalue weighted by Crippen LogP contribution is -2.35. The van der Waals surface area contributed by atoms with Gasteiger partial charge < -0.3 is 16.2 Å². The lowest BCUT2D eigenvalue weighted by molar-refractivity contribution is 0.0941. The Hall–Kier alpha value is -1.76. The lowest BCUT2D eigenvalue weighted by Gasteiger charge is -2.11. The minimum Gasteiger partial charge on any atom is -0.506 e. The van der Waals surface area contributed by atoms with Gasteiger partial charge in [-0.25, -0.2) is 8.42 Å². The van der Waals surface area contributed by atoms with Crippen LogP contribution in [0, 0.1) is 0 Å². The van der Waals surface area contributed by atoms with Crippen molar-refractivity contribution < 1.29 is 18.3 Å². The Morgan fingerprint density at radius 2 is 2.17 bits per heavy atom. The Morgan fingerprint density at radius 3 is 2.72 bits per heavy atom. The van der Waals surface area contributed by atoms with Crippen LogP contribution in [0.1, 0.15) is 16.8 Å². The van der Waals surface area contributed by atoms with Crippen molar-refractivity contribution in [3.8, 4) is 5.75 Å². The Balaban J connectivity index is 2.06. The molecule has 1 aliphatic heterocycles. The number of amides is 1. The standard InChI is InChI=1S/C11H14N2O4S/c12-9-2-1-7(5-10(9)14)11(15)13-8-3-4-18(16,17)6-8/h1-2,5,8,14H,3-4,6,12H2,(H,13,15). The average Bonchev–Trinajstić information content (AvgIpc) is 2.62. The summed E-state index contributed by atoms with van der Waals surface area (Å²) in [5.41, 5.74) is 5.87. The molecule has 1 aromatic rings. The number of hydrogen-bond acceptors (Lipinski definition) is 5. The van der Waals surface area contributed by atoms with E-state index in [1.165, 1.54) is 18.2 Å². The highest BCUT2D eigenvalue weighted by atomic mass is 32.2. The summed E-state index contributed by atoms with van der Waals surface area (Å²) in [4.78, 5) is 11.8. The van der Waals surface area contributed by atoms with Crippen molar-refractivity contribution in [2.24, 2.45) is 0 Å². The molecule has 6 nitrogen and oxygen atoms in total. The van der Waals surface area contributed by atoms with Crippen LogP contribution in [-0.4, -0.2) is 37.0 Å². The van der Waals surface area contributed by atoms with Crippen molar-refractivity contribution in [3.63, 3.8) is 0 Å². The molecular formula is C11H14N2O4S. The molecule has 1 aliphatic rings. The van der Waals surface area contributed by atoms with Gasteiger partial charge >= 0.3 is 0 Å². The molecule has 1 amide bonds. The van der Waals surface area contributed by atoms with Gasteiger partial charge in [-0.05, 0) is 24.6 Å². The fourth-order valence-corrected chi connectivity index (χ4v) is 3.54. The molecule has 7 heteroatoms. The van der Waals surface area contributed by atoms with E-state index in [-0.39, 0.29) is 34.5 Å². The third-order valence-electron chi connectivity index (χ3n) is 2.86. The summed E-state index contributed by atoms with van der Waals surface area (Å²) in [6, 6.07) is 3.81. The normalized spacial score (nSPS) is 21.7. The largest absolute Gasteiger partial charge is 0.506 e. The Labute approximate surface area is 105 Å². The minimum absolute atomic E-state index is 0.0281. The molecule has 0 aliphatic carbocycles. The summed E-state index contributed by atoms with van der Waals surface area (Å²) in [7, 11) is -3.02. The average molecular weight is 270 g/mol. The molecule has 0 aromatic heterocycles. The molecule has 1 fully saturated rings. The van der Waals surface area contributed by atoms with E-state index in [9.17, 15) is 18.3 Å². The van der Waals surface area contributed by atoms with Crippen LogP contribution in [0.2, 0.25) is 0 Å². The predicted molar refractivity (Wildman–Crippen MR) is 67.0 cm³/mol. The maximum absolute atomic E-state index is 11.8. The number of sulfone groups is 1. The van der Waals surface area contributed by atoms with Crippen LogP contribution < -0.4 is 11.1 Å². The smallest absolute Gasteiger partial charge is 0.251 e. The number of phenols is 1. The minimum atomic E-state index is -3.02. The highest BCUT2D eigenvalue weighted by molar-refractivity contribution is 7.91. The van der Waals surface area contributed by atoms with Crippen LogP contribution in [0.25, 0.3) is 0 Å². The first-order valence-electron chi connectivity index (χ1n) is 5.47. The number of nitrogens with one attached hydrogen (secondary N) is 1. The van der Waals surface area contributed by atoms with E-state index in [4.69, 9.17) is 5.73 Å². The molecule has 0 spiro atoms. The number of carbonyl (C=O) groups excluding carboxylic acids is 1. The molecular weight excluding hydrogens is 256 g/mol. The number of aromatic hydroxyl groups is 1. The fourth-order valence-electron chi connectivity index (χ4n) is 1.86. The van der Waals surface area contributed by atoms with Crippen LogP contribution in [0.3, 0.4) is 0 Å². The van der Waals surface area contributed by atoms with Gasteiger partial charge in [0.1, 0.15) is 5.75 Å². The molecule has 1 saturated heterocycles. The fraction of sp³-hybridized carbons (Fsp3) is 0.364. The summed E-state index contributed by atoms with van der Waals surface area (Å²) in [5.74, 6) is -0.501. The molecule has 1 heterocycles. The summed E-state index contributed by atoms with van der Waals surface area (Å²) < 4.78 is 22.5. The van der Waals surface area contributed by atoms with Crippen LogP contribution in [0.15, 0.2) is 18.2 Å². The molecule has 18 heavy (non-hydrogen) atoms. The van der Waals surface area contributed by atoms with Crippen LogP contribution in [-0.2, 0) is 9.84 Å². The van der Waals surface area contributed by atoms with Gasteiger partial charge in [-0.2, -0.15) is 0 Å². The van der Waals surface area contributed by atoms with E-state index in [1.807, 2.05) is 0 Å².